The van der Waals surface area contributed by atoms with Gasteiger partial charge in [-0.3, -0.25) is 9.69 Å². The van der Waals surface area contributed by atoms with E-state index in [1.165, 1.54) is 31.5 Å². The van der Waals surface area contributed by atoms with E-state index in [4.69, 9.17) is 16.3 Å². The van der Waals surface area contributed by atoms with Gasteiger partial charge < -0.3 is 9.64 Å². The van der Waals surface area contributed by atoms with Gasteiger partial charge in [0.1, 0.15) is 5.75 Å². The van der Waals surface area contributed by atoms with Crippen molar-refractivity contribution in [2.75, 3.05) is 26.7 Å². The van der Waals surface area contributed by atoms with Crippen LogP contribution in [0.2, 0.25) is 5.02 Å². The second-order valence-corrected chi connectivity index (χ2v) is 7.85. The number of hydrogen-bond acceptors (Lipinski definition) is 3. The second kappa shape index (κ2) is 8.41. The van der Waals surface area contributed by atoms with Crippen LogP contribution in [0, 0.1) is 5.92 Å². The van der Waals surface area contributed by atoms with Gasteiger partial charge >= 0.3 is 0 Å². The summed E-state index contributed by atoms with van der Waals surface area (Å²) in [7, 11) is 1.89. The van der Waals surface area contributed by atoms with E-state index in [9.17, 15) is 4.79 Å². The highest BCUT2D eigenvalue weighted by Crippen LogP contribution is 2.33. The molecule has 0 atom stereocenters. The fourth-order valence-electron chi connectivity index (χ4n) is 3.78. The predicted octanol–water partition coefficient (Wildman–Crippen LogP) is 3.96. The van der Waals surface area contributed by atoms with E-state index in [2.05, 4.69) is 11.0 Å². The van der Waals surface area contributed by atoms with Crippen LogP contribution in [0.15, 0.2) is 18.2 Å². The van der Waals surface area contributed by atoms with E-state index in [1.54, 1.807) is 0 Å². The molecule has 3 rings (SSSR count). The average molecular weight is 365 g/mol. The molecule has 1 aliphatic heterocycles. The summed E-state index contributed by atoms with van der Waals surface area (Å²) in [5.74, 6) is 1.62. The summed E-state index contributed by atoms with van der Waals surface area (Å²) in [6.45, 7) is 6.02. The third-order valence-corrected chi connectivity index (χ3v) is 5.72. The van der Waals surface area contributed by atoms with Crippen molar-refractivity contribution >= 4 is 17.5 Å². The Morgan fingerprint density at radius 1 is 1.32 bits per heavy atom. The summed E-state index contributed by atoms with van der Waals surface area (Å²) in [6.07, 6.45) is 5.42. The Kier molecular flexibility index (Phi) is 6.24. The quantitative estimate of drug-likeness (QED) is 0.734. The van der Waals surface area contributed by atoms with E-state index < -0.39 is 0 Å². The lowest BCUT2D eigenvalue weighted by Crippen LogP contribution is -2.41. The van der Waals surface area contributed by atoms with Crippen molar-refractivity contribution < 1.29 is 9.53 Å². The zero-order valence-corrected chi connectivity index (χ0v) is 16.1. The maximum absolute atomic E-state index is 11.6. The Hall–Kier alpha value is -1.26. The molecule has 1 amide bonds. The van der Waals surface area contributed by atoms with Crippen LogP contribution in [0.25, 0.3) is 0 Å². The summed E-state index contributed by atoms with van der Waals surface area (Å²) < 4.78 is 6.05. The van der Waals surface area contributed by atoms with Gasteiger partial charge in [0.05, 0.1) is 6.10 Å². The lowest BCUT2D eigenvalue weighted by Gasteiger charge is -2.37. The molecule has 1 saturated carbocycles. The molecule has 0 N–H and O–H groups in total. The van der Waals surface area contributed by atoms with Gasteiger partial charge in [-0.25, -0.2) is 0 Å². The molecule has 2 aliphatic rings. The van der Waals surface area contributed by atoms with Gasteiger partial charge in [0.2, 0.25) is 5.91 Å². The number of rotatable bonds is 7. The zero-order valence-electron chi connectivity index (χ0n) is 15.3. The van der Waals surface area contributed by atoms with E-state index in [1.807, 2.05) is 31.0 Å². The lowest BCUT2D eigenvalue weighted by molar-refractivity contribution is -0.131. The van der Waals surface area contributed by atoms with Gasteiger partial charge in [-0.1, -0.05) is 24.6 Å². The van der Waals surface area contributed by atoms with E-state index in [0.717, 1.165) is 36.7 Å². The molecule has 0 radical (unpaired) electrons. The van der Waals surface area contributed by atoms with Crippen LogP contribution in [-0.4, -0.2) is 48.5 Å². The number of nitrogens with zero attached hydrogens (tertiary/aromatic N) is 2. The molecule has 2 fully saturated rings. The van der Waals surface area contributed by atoms with Crippen molar-refractivity contribution in [3.63, 3.8) is 0 Å². The van der Waals surface area contributed by atoms with Crippen molar-refractivity contribution in [3.8, 4) is 5.75 Å². The maximum atomic E-state index is 11.6. The topological polar surface area (TPSA) is 32.8 Å². The van der Waals surface area contributed by atoms with E-state index in [-0.39, 0.29) is 12.0 Å². The van der Waals surface area contributed by atoms with E-state index in [0.29, 0.717) is 12.3 Å². The van der Waals surface area contributed by atoms with E-state index >= 15 is 0 Å². The van der Waals surface area contributed by atoms with Crippen LogP contribution >= 0.6 is 11.6 Å². The SMILES string of the molecule is CCC(=O)N(C)CC1CC(Oc2ccc(CN3CCCC3)c(Cl)c2)C1. The zero-order chi connectivity index (χ0) is 17.8. The third-order valence-electron chi connectivity index (χ3n) is 5.37. The molecule has 1 aliphatic carbocycles. The normalized spacial score (nSPS) is 23.3. The molecule has 138 valence electrons. The fourth-order valence-corrected chi connectivity index (χ4v) is 4.01. The van der Waals surface area contributed by atoms with Crippen molar-refractivity contribution in [3.05, 3.63) is 28.8 Å². The fraction of sp³-hybridized carbons (Fsp3) is 0.650. The van der Waals surface area contributed by atoms with Crippen LogP contribution < -0.4 is 4.74 Å². The minimum absolute atomic E-state index is 0.213. The van der Waals surface area contributed by atoms with Crippen LogP contribution in [0.3, 0.4) is 0 Å². The molecular weight excluding hydrogens is 336 g/mol. The van der Waals surface area contributed by atoms with Gasteiger partial charge in [0.15, 0.2) is 0 Å². The van der Waals surface area contributed by atoms with Crippen molar-refractivity contribution in [2.45, 2.75) is 51.7 Å². The first-order valence-corrected chi connectivity index (χ1v) is 9.84. The summed E-state index contributed by atoms with van der Waals surface area (Å²) >= 11 is 6.45. The molecule has 1 heterocycles. The van der Waals surface area contributed by atoms with Crippen LogP contribution in [0.4, 0.5) is 0 Å². The molecule has 0 spiro atoms. The van der Waals surface area contributed by atoms with Crippen molar-refractivity contribution in [2.24, 2.45) is 5.92 Å². The van der Waals surface area contributed by atoms with Crippen LogP contribution in [-0.2, 0) is 11.3 Å². The number of amides is 1. The second-order valence-electron chi connectivity index (χ2n) is 7.44. The minimum atomic E-state index is 0.213. The molecule has 0 bridgehead atoms. The number of likely N-dealkylation sites (tertiary alicyclic amines) is 1. The minimum Gasteiger partial charge on any atom is -0.490 e. The molecule has 5 heteroatoms. The molecule has 0 aromatic heterocycles. The standard InChI is InChI=1S/C20H29ClN2O2/c1-3-20(24)22(2)13-15-10-18(11-15)25-17-7-6-16(19(21)12-17)14-23-8-4-5-9-23/h6-7,12,15,18H,3-5,8-11,13-14H2,1-2H3. The maximum Gasteiger partial charge on any atom is 0.222 e. The first kappa shape index (κ1) is 18.5. The molecular formula is C20H29ClN2O2. The summed E-state index contributed by atoms with van der Waals surface area (Å²) in [4.78, 5) is 15.9. The molecule has 1 aromatic carbocycles. The van der Waals surface area contributed by atoms with Crippen LogP contribution in [0.1, 0.15) is 44.6 Å². The Morgan fingerprint density at radius 2 is 2.04 bits per heavy atom. The van der Waals surface area contributed by atoms with Gasteiger partial charge in [-0.2, -0.15) is 0 Å². The Bertz CT molecular complexity index is 595. The average Bonchev–Trinajstić information content (AvgIpc) is 3.07. The number of halogens is 1. The first-order chi connectivity index (χ1) is 12.0. The van der Waals surface area contributed by atoms with Gasteiger partial charge in [0, 0.05) is 31.6 Å². The predicted molar refractivity (Wildman–Crippen MR) is 101 cm³/mol. The molecule has 1 saturated heterocycles. The highest BCUT2D eigenvalue weighted by atomic mass is 35.5. The number of benzene rings is 1. The monoisotopic (exact) mass is 364 g/mol. The van der Waals surface area contributed by atoms with Crippen LogP contribution in [0.5, 0.6) is 5.75 Å². The van der Waals surface area contributed by atoms with Gasteiger partial charge in [-0.15, -0.1) is 0 Å². The highest BCUT2D eigenvalue weighted by Gasteiger charge is 2.32. The lowest BCUT2D eigenvalue weighted by atomic mass is 9.82. The molecule has 0 unspecified atom stereocenters. The smallest absolute Gasteiger partial charge is 0.222 e. The number of carbonyl (C=O) groups excluding carboxylic acids is 1. The summed E-state index contributed by atoms with van der Waals surface area (Å²) in [5, 5.41) is 0.800. The Balaban J connectivity index is 1.45. The third kappa shape index (κ3) is 4.89. The molecule has 4 nitrogen and oxygen atoms in total. The number of hydrogen-bond donors (Lipinski definition) is 0. The Labute approximate surface area is 156 Å². The van der Waals surface area contributed by atoms with Gasteiger partial charge in [0.25, 0.3) is 0 Å². The first-order valence-electron chi connectivity index (χ1n) is 9.46. The molecule has 25 heavy (non-hydrogen) atoms. The summed E-state index contributed by atoms with van der Waals surface area (Å²) in [6, 6.07) is 6.09. The summed E-state index contributed by atoms with van der Waals surface area (Å²) in [5.41, 5.74) is 1.18. The van der Waals surface area contributed by atoms with Crippen molar-refractivity contribution in [1.29, 1.82) is 0 Å². The Morgan fingerprint density at radius 3 is 2.68 bits per heavy atom. The highest BCUT2D eigenvalue weighted by molar-refractivity contribution is 6.31. The number of ether oxygens (including phenoxy) is 1. The molecule has 1 aromatic rings. The van der Waals surface area contributed by atoms with Gasteiger partial charge in [-0.05, 0) is 62.4 Å². The largest absolute Gasteiger partial charge is 0.490 e. The van der Waals surface area contributed by atoms with Crippen molar-refractivity contribution in [1.82, 2.24) is 9.80 Å². The number of carbonyl (C=O) groups is 1.